The first kappa shape index (κ1) is 15.4. The zero-order valence-corrected chi connectivity index (χ0v) is 11.6. The van der Waals surface area contributed by atoms with Gasteiger partial charge in [0.25, 0.3) is 0 Å². The summed E-state index contributed by atoms with van der Waals surface area (Å²) in [7, 11) is 3.07. The Morgan fingerprint density at radius 3 is 2.71 bits per heavy atom. The quantitative estimate of drug-likeness (QED) is 0.944. The fraction of sp³-hybridized carbons (Fsp3) is 0.357. The number of aromatic nitrogens is 2. The molecule has 0 bridgehead atoms. The third kappa shape index (κ3) is 3.36. The van der Waals surface area contributed by atoms with Crippen molar-refractivity contribution in [1.82, 2.24) is 9.78 Å². The van der Waals surface area contributed by atoms with Crippen molar-refractivity contribution in [2.45, 2.75) is 18.7 Å². The highest BCUT2D eigenvalue weighted by Crippen LogP contribution is 2.31. The Hall–Kier alpha value is -2.02. The number of halogens is 3. The maximum atomic E-state index is 12.7. The van der Waals surface area contributed by atoms with Crippen LogP contribution in [0.4, 0.5) is 13.2 Å². The van der Waals surface area contributed by atoms with Gasteiger partial charge >= 0.3 is 6.18 Å². The van der Waals surface area contributed by atoms with Crippen molar-refractivity contribution < 1.29 is 23.0 Å². The van der Waals surface area contributed by atoms with Crippen molar-refractivity contribution in [3.63, 3.8) is 0 Å². The first-order valence-electron chi connectivity index (χ1n) is 6.23. The lowest BCUT2D eigenvalue weighted by Gasteiger charge is -2.14. The first-order chi connectivity index (χ1) is 9.82. The number of alkyl halides is 3. The van der Waals surface area contributed by atoms with Gasteiger partial charge in [0.05, 0.1) is 18.9 Å². The highest BCUT2D eigenvalue weighted by molar-refractivity contribution is 5.31. The maximum absolute atomic E-state index is 12.7. The van der Waals surface area contributed by atoms with Gasteiger partial charge < -0.3 is 9.84 Å². The maximum Gasteiger partial charge on any atom is 0.416 e. The first-order valence-corrected chi connectivity index (χ1v) is 6.23. The molecule has 1 N–H and O–H groups in total. The number of aliphatic hydroxyl groups is 1. The van der Waals surface area contributed by atoms with E-state index < -0.39 is 17.8 Å². The van der Waals surface area contributed by atoms with Crippen LogP contribution in [-0.4, -0.2) is 22.0 Å². The number of nitrogens with zero attached hydrogens (tertiary/aromatic N) is 2. The van der Waals surface area contributed by atoms with Gasteiger partial charge in [0, 0.05) is 13.5 Å². The molecule has 2 rings (SSSR count). The van der Waals surface area contributed by atoms with E-state index in [1.54, 1.807) is 13.1 Å². The van der Waals surface area contributed by atoms with Crippen LogP contribution in [0.25, 0.3) is 0 Å². The lowest BCUT2D eigenvalue weighted by Crippen LogP contribution is -2.10. The Labute approximate surface area is 119 Å². The highest BCUT2D eigenvalue weighted by atomic mass is 19.4. The number of aryl methyl sites for hydroxylation is 1. The van der Waals surface area contributed by atoms with Crippen LogP contribution in [0.2, 0.25) is 0 Å². The molecule has 0 amide bonds. The fourth-order valence-electron chi connectivity index (χ4n) is 2.16. The molecule has 1 aromatic carbocycles. The van der Waals surface area contributed by atoms with E-state index in [4.69, 9.17) is 4.74 Å². The zero-order chi connectivity index (χ0) is 15.6. The molecular formula is C14H15F3N2O2. The number of methoxy groups -OCH3 is 1. The van der Waals surface area contributed by atoms with Crippen molar-refractivity contribution >= 4 is 0 Å². The van der Waals surface area contributed by atoms with Crippen LogP contribution in [0.1, 0.15) is 22.9 Å². The molecular weight excluding hydrogens is 285 g/mol. The molecule has 1 atom stereocenters. The number of hydrogen-bond acceptors (Lipinski definition) is 3. The summed E-state index contributed by atoms with van der Waals surface area (Å²) in [5.74, 6) is 0.400. The molecule has 1 aromatic heterocycles. The van der Waals surface area contributed by atoms with E-state index in [0.717, 1.165) is 12.1 Å². The zero-order valence-electron chi connectivity index (χ0n) is 11.6. The van der Waals surface area contributed by atoms with Gasteiger partial charge in [-0.1, -0.05) is 18.2 Å². The van der Waals surface area contributed by atoms with Crippen molar-refractivity contribution in [1.29, 1.82) is 0 Å². The topological polar surface area (TPSA) is 47.3 Å². The summed E-state index contributed by atoms with van der Waals surface area (Å²) in [6.45, 7) is 0. The lowest BCUT2D eigenvalue weighted by atomic mass is 10.0. The van der Waals surface area contributed by atoms with E-state index in [-0.39, 0.29) is 6.42 Å². The van der Waals surface area contributed by atoms with Gasteiger partial charge in [-0.25, -0.2) is 0 Å². The van der Waals surface area contributed by atoms with Crippen LogP contribution in [-0.2, 0) is 19.6 Å². The summed E-state index contributed by atoms with van der Waals surface area (Å²) in [6, 6.07) is 4.90. The van der Waals surface area contributed by atoms with Crippen molar-refractivity contribution in [2.75, 3.05) is 7.11 Å². The number of aliphatic hydroxyl groups excluding tert-OH is 1. The summed E-state index contributed by atoms with van der Waals surface area (Å²) < 4.78 is 44.5. The van der Waals surface area contributed by atoms with Crippen LogP contribution in [0, 0.1) is 0 Å². The van der Waals surface area contributed by atoms with Crippen molar-refractivity contribution in [3.8, 4) is 5.75 Å². The molecule has 1 unspecified atom stereocenters. The minimum Gasteiger partial charge on any atom is -0.493 e. The second-order valence-electron chi connectivity index (χ2n) is 4.64. The summed E-state index contributed by atoms with van der Waals surface area (Å²) in [5, 5.41) is 14.2. The smallest absolute Gasteiger partial charge is 0.416 e. The van der Waals surface area contributed by atoms with Gasteiger partial charge in [-0.2, -0.15) is 18.3 Å². The second kappa shape index (κ2) is 5.77. The summed E-state index contributed by atoms with van der Waals surface area (Å²) in [4.78, 5) is 0. The lowest BCUT2D eigenvalue weighted by molar-refractivity contribution is -0.137. The minimum absolute atomic E-state index is 0.0415. The predicted molar refractivity (Wildman–Crippen MR) is 69.9 cm³/mol. The second-order valence-corrected chi connectivity index (χ2v) is 4.64. The molecule has 114 valence electrons. The highest BCUT2D eigenvalue weighted by Gasteiger charge is 2.30. The van der Waals surface area contributed by atoms with E-state index in [0.29, 0.717) is 17.0 Å². The average molecular weight is 300 g/mol. The van der Waals surface area contributed by atoms with Gasteiger partial charge in [0.15, 0.2) is 5.75 Å². The molecule has 0 aliphatic heterocycles. The van der Waals surface area contributed by atoms with Crippen LogP contribution in [0.3, 0.4) is 0 Å². The van der Waals surface area contributed by atoms with E-state index in [1.807, 2.05) is 0 Å². The molecule has 0 saturated heterocycles. The predicted octanol–water partition coefficient (Wildman–Crippen LogP) is 2.72. The number of benzene rings is 1. The van der Waals surface area contributed by atoms with Gasteiger partial charge in [-0.15, -0.1) is 0 Å². The number of rotatable bonds is 4. The van der Waals surface area contributed by atoms with Crippen LogP contribution < -0.4 is 4.74 Å². The van der Waals surface area contributed by atoms with E-state index in [9.17, 15) is 18.3 Å². The van der Waals surface area contributed by atoms with Gasteiger partial charge in [-0.3, -0.25) is 4.68 Å². The molecule has 0 saturated carbocycles. The molecule has 0 radical (unpaired) electrons. The fourth-order valence-corrected chi connectivity index (χ4v) is 2.16. The standard InChI is InChI=1S/C14H15F3N2O2/c1-19-13(12(21-2)8-18-19)11(20)7-9-4-3-5-10(6-9)14(15,16)17/h3-6,8,11,20H,7H2,1-2H3. The van der Waals surface area contributed by atoms with Crippen LogP contribution in [0.15, 0.2) is 30.5 Å². The molecule has 4 nitrogen and oxygen atoms in total. The Balaban J connectivity index is 2.24. The van der Waals surface area contributed by atoms with E-state index in [1.165, 1.54) is 24.1 Å². The SMILES string of the molecule is COc1cnn(C)c1C(O)Cc1cccc(C(F)(F)F)c1. The largest absolute Gasteiger partial charge is 0.493 e. The normalized spacial score (nSPS) is 13.2. The Kier molecular flexibility index (Phi) is 4.22. The van der Waals surface area contributed by atoms with Gasteiger partial charge in [0.2, 0.25) is 0 Å². The minimum atomic E-state index is -4.40. The summed E-state index contributed by atoms with van der Waals surface area (Å²) in [5.41, 5.74) is 0.0830. The molecule has 7 heteroatoms. The third-order valence-corrected chi connectivity index (χ3v) is 3.17. The molecule has 21 heavy (non-hydrogen) atoms. The third-order valence-electron chi connectivity index (χ3n) is 3.17. The average Bonchev–Trinajstić information content (AvgIpc) is 2.79. The molecule has 0 fully saturated rings. The Morgan fingerprint density at radius 2 is 2.10 bits per heavy atom. The van der Waals surface area contributed by atoms with E-state index in [2.05, 4.69) is 5.10 Å². The monoisotopic (exact) mass is 300 g/mol. The number of ether oxygens (including phenoxy) is 1. The number of hydrogen-bond donors (Lipinski definition) is 1. The van der Waals surface area contributed by atoms with Crippen molar-refractivity contribution in [2.24, 2.45) is 7.05 Å². The molecule has 1 heterocycles. The van der Waals surface area contributed by atoms with Crippen LogP contribution >= 0.6 is 0 Å². The summed E-state index contributed by atoms with van der Waals surface area (Å²) in [6.07, 6.45) is -3.91. The van der Waals surface area contributed by atoms with Crippen LogP contribution in [0.5, 0.6) is 5.75 Å². The van der Waals surface area contributed by atoms with Gasteiger partial charge in [-0.05, 0) is 11.6 Å². The molecule has 2 aromatic rings. The molecule has 0 aliphatic rings. The van der Waals surface area contributed by atoms with E-state index >= 15 is 0 Å². The van der Waals surface area contributed by atoms with Gasteiger partial charge in [0.1, 0.15) is 11.8 Å². The molecule has 0 spiro atoms. The Morgan fingerprint density at radius 1 is 1.38 bits per heavy atom. The molecule has 0 aliphatic carbocycles. The Bertz CT molecular complexity index is 623. The summed E-state index contributed by atoms with van der Waals surface area (Å²) >= 11 is 0. The van der Waals surface area contributed by atoms with Crippen molar-refractivity contribution in [3.05, 3.63) is 47.3 Å².